The van der Waals surface area contributed by atoms with Gasteiger partial charge in [0.1, 0.15) is 17.3 Å². The van der Waals surface area contributed by atoms with Gasteiger partial charge in [-0.1, -0.05) is 35.9 Å². The number of aromatic nitrogens is 2. The molecular weight excluding hydrogens is 466 g/mol. The standard InChI is InChI=1S/C29H31N5O3/c1-16-7-10-23-21(11-16)29(26(35)34(23)27(36)37-28(3,4)5)14-22(29)18-8-9-20-19(13-18)15-30-25(20)31-24-12-17(2)32-33(24)6/h7-13,22H,14-15H2,1-6H3,(H,30,31)/t22-,29-/m0/s1. The number of aliphatic imine (C=N–C) groups is 1. The highest BCUT2D eigenvalue weighted by Crippen LogP contribution is 2.66. The predicted molar refractivity (Wildman–Crippen MR) is 142 cm³/mol. The number of carbonyl (C=O) groups excluding carboxylic acids is 2. The quantitative estimate of drug-likeness (QED) is 0.531. The van der Waals surface area contributed by atoms with E-state index < -0.39 is 17.1 Å². The number of nitrogens with zero attached hydrogens (tertiary/aromatic N) is 4. The van der Waals surface area contributed by atoms with E-state index in [2.05, 4.69) is 28.6 Å². The predicted octanol–water partition coefficient (Wildman–Crippen LogP) is 5.12. The smallest absolute Gasteiger partial charge is 0.421 e. The highest BCUT2D eigenvalue weighted by atomic mass is 16.6. The lowest BCUT2D eigenvalue weighted by atomic mass is 9.90. The van der Waals surface area contributed by atoms with Crippen LogP contribution in [-0.4, -0.2) is 33.2 Å². The largest absolute Gasteiger partial charge is 0.443 e. The lowest BCUT2D eigenvalue weighted by Gasteiger charge is -2.24. The minimum absolute atomic E-state index is 0.00461. The maximum atomic E-state index is 13.9. The summed E-state index contributed by atoms with van der Waals surface area (Å²) in [4.78, 5) is 32.9. The molecule has 2 amide bonds. The maximum absolute atomic E-state index is 13.9. The van der Waals surface area contributed by atoms with Gasteiger partial charge in [-0.05, 0) is 63.8 Å². The molecule has 0 radical (unpaired) electrons. The van der Waals surface area contributed by atoms with Crippen molar-refractivity contribution in [3.05, 3.63) is 76.0 Å². The van der Waals surface area contributed by atoms with Crippen molar-refractivity contribution in [1.29, 1.82) is 0 Å². The number of imide groups is 1. The van der Waals surface area contributed by atoms with Crippen molar-refractivity contribution in [1.82, 2.24) is 9.78 Å². The summed E-state index contributed by atoms with van der Waals surface area (Å²) in [5.41, 5.74) is 5.40. The van der Waals surface area contributed by atoms with Gasteiger partial charge in [-0.3, -0.25) is 14.5 Å². The van der Waals surface area contributed by atoms with Gasteiger partial charge in [-0.2, -0.15) is 5.10 Å². The summed E-state index contributed by atoms with van der Waals surface area (Å²) in [6.45, 7) is 9.97. The van der Waals surface area contributed by atoms with Crippen LogP contribution in [0.15, 0.2) is 47.5 Å². The van der Waals surface area contributed by atoms with Crippen LogP contribution in [0.5, 0.6) is 0 Å². The van der Waals surface area contributed by atoms with E-state index in [1.54, 1.807) is 4.68 Å². The third-order valence-corrected chi connectivity index (χ3v) is 7.44. The summed E-state index contributed by atoms with van der Waals surface area (Å²) in [6, 6.07) is 14.2. The molecule has 0 saturated heterocycles. The van der Waals surface area contributed by atoms with Crippen molar-refractivity contribution >= 4 is 29.3 Å². The topological polar surface area (TPSA) is 88.8 Å². The number of rotatable bonds is 2. The molecule has 1 saturated carbocycles. The minimum Gasteiger partial charge on any atom is -0.443 e. The van der Waals surface area contributed by atoms with Gasteiger partial charge >= 0.3 is 6.09 Å². The molecule has 3 aliphatic rings. The fourth-order valence-corrected chi connectivity index (χ4v) is 5.71. The molecule has 1 N–H and O–H groups in total. The summed E-state index contributed by atoms with van der Waals surface area (Å²) in [5, 5.41) is 7.80. The van der Waals surface area contributed by atoms with E-state index >= 15 is 0 Å². The Hall–Kier alpha value is -3.94. The first-order chi connectivity index (χ1) is 17.5. The molecule has 1 spiro atoms. The Morgan fingerprint density at radius 1 is 1.14 bits per heavy atom. The third kappa shape index (κ3) is 3.65. The molecule has 1 aromatic heterocycles. The summed E-state index contributed by atoms with van der Waals surface area (Å²) < 4.78 is 7.42. The Kier molecular flexibility index (Phi) is 4.93. The zero-order chi connectivity index (χ0) is 26.3. The van der Waals surface area contributed by atoms with Crippen LogP contribution in [0, 0.1) is 13.8 Å². The lowest BCUT2D eigenvalue weighted by Crippen LogP contribution is -2.41. The maximum Gasteiger partial charge on any atom is 0.421 e. The number of carbonyl (C=O) groups is 2. The number of ether oxygens (including phenoxy) is 1. The molecule has 8 nitrogen and oxygen atoms in total. The van der Waals surface area contributed by atoms with E-state index in [4.69, 9.17) is 9.73 Å². The minimum atomic E-state index is -0.737. The van der Waals surface area contributed by atoms with Gasteiger partial charge in [0.25, 0.3) is 0 Å². The van der Waals surface area contributed by atoms with Crippen molar-refractivity contribution < 1.29 is 14.3 Å². The van der Waals surface area contributed by atoms with Gasteiger partial charge in [-0.15, -0.1) is 0 Å². The summed E-state index contributed by atoms with van der Waals surface area (Å²) in [7, 11) is 1.90. The Labute approximate surface area is 216 Å². The van der Waals surface area contributed by atoms with E-state index in [9.17, 15) is 9.59 Å². The van der Waals surface area contributed by atoms with Crippen LogP contribution < -0.4 is 10.2 Å². The van der Waals surface area contributed by atoms with Crippen LogP contribution in [0.1, 0.15) is 66.6 Å². The molecule has 37 heavy (non-hydrogen) atoms. The van der Waals surface area contributed by atoms with Crippen molar-refractivity contribution in [2.45, 2.75) is 64.5 Å². The number of nitrogens with one attached hydrogen (secondary N) is 1. The number of hydrogen-bond acceptors (Lipinski definition) is 6. The second kappa shape index (κ2) is 7.78. The van der Waals surface area contributed by atoms with Crippen LogP contribution in [0.3, 0.4) is 0 Å². The molecule has 2 aromatic carbocycles. The van der Waals surface area contributed by atoms with E-state index in [0.717, 1.165) is 45.2 Å². The van der Waals surface area contributed by atoms with Crippen molar-refractivity contribution in [3.63, 3.8) is 0 Å². The third-order valence-electron chi connectivity index (χ3n) is 7.44. The monoisotopic (exact) mass is 497 g/mol. The summed E-state index contributed by atoms with van der Waals surface area (Å²) in [5.74, 6) is 1.51. The second-order valence-corrected chi connectivity index (χ2v) is 11.4. The number of hydrogen-bond donors (Lipinski definition) is 1. The van der Waals surface area contributed by atoms with Crippen LogP contribution in [0.2, 0.25) is 0 Å². The molecule has 2 aliphatic heterocycles. The number of aryl methyl sites for hydroxylation is 3. The number of amidine groups is 1. The fourth-order valence-electron chi connectivity index (χ4n) is 5.71. The SMILES string of the molecule is Cc1ccc2c(c1)[C@]1(C[C@H]1c1ccc3c(c1)CN=C3Nc1cc(C)nn1C)C(=O)N2C(=O)OC(C)(C)C. The normalized spacial score (nSPS) is 21.7. The highest BCUT2D eigenvalue weighted by molar-refractivity contribution is 6.23. The number of fused-ring (bicyclic) bond motifs is 3. The van der Waals surface area contributed by atoms with Gasteiger partial charge in [0.05, 0.1) is 23.3 Å². The Bertz CT molecular complexity index is 1510. The summed E-state index contributed by atoms with van der Waals surface area (Å²) in [6.07, 6.45) is 0.0503. The Morgan fingerprint density at radius 3 is 2.62 bits per heavy atom. The average Bonchev–Trinajstić information content (AvgIpc) is 3.22. The molecule has 1 fully saturated rings. The van der Waals surface area contributed by atoms with Crippen LogP contribution >= 0.6 is 0 Å². The van der Waals surface area contributed by atoms with Gasteiger partial charge < -0.3 is 10.1 Å². The first-order valence-electron chi connectivity index (χ1n) is 12.6. The first kappa shape index (κ1) is 23.5. The second-order valence-electron chi connectivity index (χ2n) is 11.4. The van der Waals surface area contributed by atoms with Crippen molar-refractivity contribution in [2.75, 3.05) is 10.2 Å². The molecule has 190 valence electrons. The van der Waals surface area contributed by atoms with Gasteiger partial charge in [0.2, 0.25) is 5.91 Å². The molecule has 2 atom stereocenters. The first-order valence-corrected chi connectivity index (χ1v) is 12.6. The Balaban J connectivity index is 1.30. The van der Waals surface area contributed by atoms with Crippen molar-refractivity contribution in [3.8, 4) is 0 Å². The average molecular weight is 498 g/mol. The number of amides is 2. The molecule has 8 heteroatoms. The fraction of sp³-hybridized carbons (Fsp3) is 0.379. The lowest BCUT2D eigenvalue weighted by molar-refractivity contribution is -0.120. The molecule has 6 rings (SSSR count). The molecule has 3 aromatic rings. The zero-order valence-electron chi connectivity index (χ0n) is 22.0. The Morgan fingerprint density at radius 2 is 1.92 bits per heavy atom. The molecular formula is C29H31N5O3. The van der Waals surface area contributed by atoms with Gasteiger partial charge in [0.15, 0.2) is 0 Å². The van der Waals surface area contributed by atoms with Gasteiger partial charge in [-0.25, -0.2) is 9.69 Å². The summed E-state index contributed by atoms with van der Waals surface area (Å²) >= 11 is 0. The van der Waals surface area contributed by atoms with Gasteiger partial charge in [0, 0.05) is 24.6 Å². The van der Waals surface area contributed by atoms with Crippen LogP contribution in [0.4, 0.5) is 16.3 Å². The molecule has 0 bridgehead atoms. The molecule has 3 heterocycles. The van der Waals surface area contributed by atoms with Crippen LogP contribution in [-0.2, 0) is 28.5 Å². The van der Waals surface area contributed by atoms with Crippen LogP contribution in [0.25, 0.3) is 0 Å². The van der Waals surface area contributed by atoms with E-state index in [0.29, 0.717) is 18.7 Å². The van der Waals surface area contributed by atoms with Crippen molar-refractivity contribution in [2.24, 2.45) is 12.0 Å². The van der Waals surface area contributed by atoms with E-state index in [1.165, 1.54) is 4.90 Å². The highest BCUT2D eigenvalue weighted by Gasteiger charge is 2.68. The zero-order valence-corrected chi connectivity index (χ0v) is 22.0. The van der Waals surface area contributed by atoms with E-state index in [1.807, 2.05) is 65.9 Å². The van der Waals surface area contributed by atoms with E-state index in [-0.39, 0.29) is 11.8 Å². The number of benzene rings is 2. The number of anilines is 2. The molecule has 0 unspecified atom stereocenters. The molecule has 1 aliphatic carbocycles.